The average molecular weight is 332 g/mol. The molecule has 3 rings (SSSR count). The number of H-pyrrole nitrogens is 1. The zero-order chi connectivity index (χ0) is 16.4. The summed E-state index contributed by atoms with van der Waals surface area (Å²) in [4.78, 5) is 14.4. The van der Waals surface area contributed by atoms with Crippen LogP contribution in [0.2, 0.25) is 0 Å². The zero-order valence-corrected chi connectivity index (χ0v) is 14.1. The Hall–Kier alpha value is -1.99. The Morgan fingerprint density at radius 1 is 1.43 bits per heavy atom. The molecule has 1 aliphatic rings. The molecule has 23 heavy (non-hydrogen) atoms. The van der Waals surface area contributed by atoms with Gasteiger partial charge in [0, 0.05) is 18.7 Å². The van der Waals surface area contributed by atoms with Gasteiger partial charge in [0.15, 0.2) is 10.6 Å². The predicted octanol–water partition coefficient (Wildman–Crippen LogP) is 2.16. The lowest BCUT2D eigenvalue weighted by Crippen LogP contribution is -2.45. The summed E-state index contributed by atoms with van der Waals surface area (Å²) in [5, 5.41) is 7.07. The molecule has 0 radical (unpaired) electrons. The van der Waals surface area contributed by atoms with E-state index in [2.05, 4.69) is 10.2 Å². The molecule has 1 aromatic carbocycles. The minimum atomic E-state index is 0.0333. The van der Waals surface area contributed by atoms with E-state index in [1.807, 2.05) is 43.0 Å². The SMILES string of the molecule is Cc1ccc(-c2n[nH]c(=S)n2CC(=O)N2CCOC(C)C2)cc1. The molecule has 6 nitrogen and oxygen atoms in total. The number of nitrogens with one attached hydrogen (secondary N) is 1. The number of aryl methyl sites for hydroxylation is 1. The topological polar surface area (TPSA) is 63.2 Å². The Labute approximate surface area is 140 Å². The number of hydrogen-bond donors (Lipinski definition) is 1. The van der Waals surface area contributed by atoms with Crippen molar-refractivity contribution in [3.8, 4) is 11.4 Å². The lowest BCUT2D eigenvalue weighted by Gasteiger charge is -2.31. The first kappa shape index (κ1) is 15.9. The second kappa shape index (κ2) is 6.64. The maximum absolute atomic E-state index is 12.6. The number of benzene rings is 1. The molecule has 122 valence electrons. The minimum absolute atomic E-state index is 0.0333. The number of aromatic nitrogens is 3. The summed E-state index contributed by atoms with van der Waals surface area (Å²) in [6.07, 6.45) is 0.0709. The second-order valence-electron chi connectivity index (χ2n) is 5.83. The molecule has 1 N–H and O–H groups in total. The summed E-state index contributed by atoms with van der Waals surface area (Å²) >= 11 is 5.29. The number of hydrogen-bond acceptors (Lipinski definition) is 4. The first-order chi connectivity index (χ1) is 11.0. The van der Waals surface area contributed by atoms with Crippen LogP contribution in [-0.2, 0) is 16.1 Å². The molecule has 0 saturated carbocycles. The fraction of sp³-hybridized carbons (Fsp3) is 0.438. The van der Waals surface area contributed by atoms with E-state index in [0.717, 1.165) is 5.56 Å². The van der Waals surface area contributed by atoms with Crippen LogP contribution in [0.25, 0.3) is 11.4 Å². The maximum atomic E-state index is 12.6. The zero-order valence-electron chi connectivity index (χ0n) is 13.3. The van der Waals surface area contributed by atoms with Crippen molar-refractivity contribution in [2.45, 2.75) is 26.5 Å². The van der Waals surface area contributed by atoms with Crippen LogP contribution >= 0.6 is 12.2 Å². The summed E-state index contributed by atoms with van der Waals surface area (Å²) in [5.74, 6) is 0.718. The molecular weight excluding hydrogens is 312 g/mol. The van der Waals surface area contributed by atoms with Crippen molar-refractivity contribution in [3.63, 3.8) is 0 Å². The van der Waals surface area contributed by atoms with E-state index < -0.39 is 0 Å². The smallest absolute Gasteiger partial charge is 0.242 e. The van der Waals surface area contributed by atoms with Gasteiger partial charge in [-0.05, 0) is 26.1 Å². The Kier molecular flexibility index (Phi) is 4.58. The normalized spacial score (nSPS) is 18.2. The molecule has 1 aromatic heterocycles. The van der Waals surface area contributed by atoms with Gasteiger partial charge in [0.25, 0.3) is 0 Å². The largest absolute Gasteiger partial charge is 0.375 e. The number of aromatic amines is 1. The van der Waals surface area contributed by atoms with Crippen molar-refractivity contribution >= 4 is 18.1 Å². The maximum Gasteiger partial charge on any atom is 0.242 e. The molecule has 7 heteroatoms. The molecule has 0 aliphatic carbocycles. The molecule has 0 spiro atoms. The van der Waals surface area contributed by atoms with Crippen LogP contribution in [0.3, 0.4) is 0 Å². The average Bonchev–Trinajstić information content (AvgIpc) is 2.89. The van der Waals surface area contributed by atoms with Gasteiger partial charge in [-0.2, -0.15) is 5.10 Å². The van der Waals surface area contributed by atoms with Crippen LogP contribution in [0.5, 0.6) is 0 Å². The molecule has 2 heterocycles. The Morgan fingerprint density at radius 3 is 2.87 bits per heavy atom. The fourth-order valence-corrected chi connectivity index (χ4v) is 2.86. The molecule has 1 amide bonds. The first-order valence-electron chi connectivity index (χ1n) is 7.66. The van der Waals surface area contributed by atoms with Crippen LogP contribution in [0.4, 0.5) is 0 Å². The first-order valence-corrected chi connectivity index (χ1v) is 8.07. The third-order valence-corrected chi connectivity index (χ3v) is 4.27. The van der Waals surface area contributed by atoms with Crippen molar-refractivity contribution in [2.75, 3.05) is 19.7 Å². The molecular formula is C16H20N4O2S. The van der Waals surface area contributed by atoms with Crippen molar-refractivity contribution < 1.29 is 9.53 Å². The molecule has 2 aromatic rings. The fourth-order valence-electron chi connectivity index (χ4n) is 2.67. The van der Waals surface area contributed by atoms with E-state index in [1.54, 1.807) is 4.57 Å². The standard InChI is InChI=1S/C16H20N4O2S/c1-11-3-5-13(6-4-11)15-17-18-16(23)20(15)10-14(21)19-7-8-22-12(2)9-19/h3-6,12H,7-10H2,1-2H3,(H,18,23). The third kappa shape index (κ3) is 3.51. The lowest BCUT2D eigenvalue weighted by molar-refractivity contribution is -0.138. The van der Waals surface area contributed by atoms with Crippen LogP contribution in [0.15, 0.2) is 24.3 Å². The van der Waals surface area contributed by atoms with Gasteiger partial charge in [0.1, 0.15) is 6.54 Å². The highest BCUT2D eigenvalue weighted by atomic mass is 32.1. The molecule has 1 fully saturated rings. The summed E-state index contributed by atoms with van der Waals surface area (Å²) in [6, 6.07) is 8.00. The highest BCUT2D eigenvalue weighted by molar-refractivity contribution is 7.71. The van der Waals surface area contributed by atoms with E-state index in [1.165, 1.54) is 5.56 Å². The number of nitrogens with zero attached hydrogens (tertiary/aromatic N) is 3. The van der Waals surface area contributed by atoms with Gasteiger partial charge in [-0.25, -0.2) is 0 Å². The van der Waals surface area contributed by atoms with Crippen LogP contribution in [0, 0.1) is 11.7 Å². The highest BCUT2D eigenvalue weighted by Gasteiger charge is 2.22. The third-order valence-electron chi connectivity index (χ3n) is 3.96. The number of carbonyl (C=O) groups is 1. The Morgan fingerprint density at radius 2 is 2.17 bits per heavy atom. The number of amides is 1. The van der Waals surface area contributed by atoms with Crippen LogP contribution in [-0.4, -0.2) is 51.4 Å². The van der Waals surface area contributed by atoms with Gasteiger partial charge < -0.3 is 9.64 Å². The van der Waals surface area contributed by atoms with Crippen LogP contribution < -0.4 is 0 Å². The summed E-state index contributed by atoms with van der Waals surface area (Å²) < 4.78 is 7.69. The van der Waals surface area contributed by atoms with Gasteiger partial charge in [-0.1, -0.05) is 29.8 Å². The van der Waals surface area contributed by atoms with E-state index in [0.29, 0.717) is 30.3 Å². The monoisotopic (exact) mass is 332 g/mol. The van der Waals surface area contributed by atoms with Gasteiger partial charge in [-0.3, -0.25) is 14.5 Å². The molecule has 1 saturated heterocycles. The van der Waals surface area contributed by atoms with Gasteiger partial charge >= 0.3 is 0 Å². The summed E-state index contributed by atoms with van der Waals surface area (Å²) in [6.45, 7) is 6.00. The Balaban J connectivity index is 1.83. The van der Waals surface area contributed by atoms with E-state index in [-0.39, 0.29) is 18.6 Å². The molecule has 1 aliphatic heterocycles. The molecule has 0 bridgehead atoms. The van der Waals surface area contributed by atoms with Gasteiger partial charge in [0.2, 0.25) is 5.91 Å². The Bertz CT molecular complexity index is 750. The predicted molar refractivity (Wildman–Crippen MR) is 89.6 cm³/mol. The second-order valence-corrected chi connectivity index (χ2v) is 6.21. The number of morpholine rings is 1. The van der Waals surface area contributed by atoms with E-state index in [4.69, 9.17) is 17.0 Å². The lowest BCUT2D eigenvalue weighted by atomic mass is 10.1. The quantitative estimate of drug-likeness (QED) is 0.875. The minimum Gasteiger partial charge on any atom is -0.375 e. The molecule has 1 atom stereocenters. The summed E-state index contributed by atoms with van der Waals surface area (Å²) in [7, 11) is 0. The van der Waals surface area contributed by atoms with Crippen LogP contribution in [0.1, 0.15) is 12.5 Å². The highest BCUT2D eigenvalue weighted by Crippen LogP contribution is 2.18. The van der Waals surface area contributed by atoms with E-state index >= 15 is 0 Å². The van der Waals surface area contributed by atoms with Gasteiger partial charge in [0.05, 0.1) is 12.7 Å². The van der Waals surface area contributed by atoms with Crippen molar-refractivity contribution in [3.05, 3.63) is 34.6 Å². The van der Waals surface area contributed by atoms with E-state index in [9.17, 15) is 4.79 Å². The van der Waals surface area contributed by atoms with Crippen molar-refractivity contribution in [1.29, 1.82) is 0 Å². The number of ether oxygens (including phenoxy) is 1. The van der Waals surface area contributed by atoms with Crippen molar-refractivity contribution in [2.24, 2.45) is 0 Å². The number of carbonyl (C=O) groups excluding carboxylic acids is 1. The number of rotatable bonds is 3. The molecule has 1 unspecified atom stereocenters. The van der Waals surface area contributed by atoms with Gasteiger partial charge in [-0.15, -0.1) is 0 Å². The summed E-state index contributed by atoms with van der Waals surface area (Å²) in [5.41, 5.74) is 2.11. The van der Waals surface area contributed by atoms with Crippen molar-refractivity contribution in [1.82, 2.24) is 19.7 Å².